The van der Waals surface area contributed by atoms with Crippen LogP contribution in [0, 0.1) is 0 Å². The minimum atomic E-state index is -4.02. The van der Waals surface area contributed by atoms with E-state index in [0.717, 1.165) is 19.5 Å². The molecular formula is C8H15F3N2. The van der Waals surface area contributed by atoms with Gasteiger partial charge in [-0.1, -0.05) is 0 Å². The molecule has 1 aliphatic heterocycles. The lowest BCUT2D eigenvalue weighted by Gasteiger charge is -2.16. The summed E-state index contributed by atoms with van der Waals surface area (Å²) in [4.78, 5) is 1.86. The summed E-state index contributed by atoms with van der Waals surface area (Å²) in [5.74, 6) is 0. The van der Waals surface area contributed by atoms with Crippen molar-refractivity contribution < 1.29 is 13.2 Å². The number of likely N-dealkylation sites (N-methyl/N-ethyl adjacent to an activating group) is 1. The third-order valence-electron chi connectivity index (χ3n) is 2.39. The molecule has 0 radical (unpaired) electrons. The molecule has 0 aliphatic carbocycles. The third kappa shape index (κ3) is 3.95. The van der Waals surface area contributed by atoms with Crippen molar-refractivity contribution in [2.24, 2.45) is 0 Å². The Bertz CT molecular complexity index is 158. The molecule has 0 aromatic carbocycles. The minimum Gasteiger partial charge on any atom is -0.316 e. The van der Waals surface area contributed by atoms with Gasteiger partial charge in [0.25, 0.3) is 0 Å². The second-order valence-corrected chi connectivity index (χ2v) is 3.44. The van der Waals surface area contributed by atoms with E-state index in [2.05, 4.69) is 5.32 Å². The van der Waals surface area contributed by atoms with Gasteiger partial charge in [-0.3, -0.25) is 0 Å². The summed E-state index contributed by atoms with van der Waals surface area (Å²) >= 11 is 0. The Labute approximate surface area is 76.1 Å². The Hall–Kier alpha value is -0.290. The zero-order valence-corrected chi connectivity index (χ0v) is 7.69. The molecule has 1 atom stereocenters. The highest BCUT2D eigenvalue weighted by Crippen LogP contribution is 2.21. The predicted octanol–water partition coefficient (Wildman–Crippen LogP) is 1.23. The van der Waals surface area contributed by atoms with E-state index in [1.807, 2.05) is 11.9 Å². The SMILES string of the molecule is CNC1CCN(CCC(F)(F)F)C1. The molecule has 1 unspecified atom stereocenters. The highest BCUT2D eigenvalue weighted by molar-refractivity contribution is 4.79. The molecule has 0 bridgehead atoms. The van der Waals surface area contributed by atoms with Crippen LogP contribution in [0.5, 0.6) is 0 Å². The van der Waals surface area contributed by atoms with Crippen LogP contribution in [0.25, 0.3) is 0 Å². The summed E-state index contributed by atoms with van der Waals surface area (Å²) in [6.45, 7) is 1.66. The Kier molecular flexibility index (Phi) is 3.55. The monoisotopic (exact) mass is 196 g/mol. The molecule has 1 aliphatic rings. The van der Waals surface area contributed by atoms with E-state index in [1.54, 1.807) is 0 Å². The Balaban J connectivity index is 2.17. The van der Waals surface area contributed by atoms with E-state index in [0.29, 0.717) is 6.04 Å². The third-order valence-corrected chi connectivity index (χ3v) is 2.39. The number of nitrogens with zero attached hydrogens (tertiary/aromatic N) is 1. The van der Waals surface area contributed by atoms with Crippen molar-refractivity contribution in [3.63, 3.8) is 0 Å². The van der Waals surface area contributed by atoms with Crippen LogP contribution in [0.15, 0.2) is 0 Å². The fraction of sp³-hybridized carbons (Fsp3) is 1.00. The minimum absolute atomic E-state index is 0.141. The van der Waals surface area contributed by atoms with Gasteiger partial charge in [-0.2, -0.15) is 13.2 Å². The van der Waals surface area contributed by atoms with Gasteiger partial charge in [0.1, 0.15) is 0 Å². The predicted molar refractivity (Wildman–Crippen MR) is 44.6 cm³/mol. The molecule has 13 heavy (non-hydrogen) atoms. The van der Waals surface area contributed by atoms with Crippen LogP contribution in [-0.4, -0.2) is 43.8 Å². The molecular weight excluding hydrogens is 181 g/mol. The number of halogens is 3. The van der Waals surface area contributed by atoms with Gasteiger partial charge >= 0.3 is 6.18 Å². The van der Waals surface area contributed by atoms with E-state index in [9.17, 15) is 13.2 Å². The quantitative estimate of drug-likeness (QED) is 0.730. The highest BCUT2D eigenvalue weighted by atomic mass is 19.4. The maximum absolute atomic E-state index is 11.8. The fourth-order valence-corrected chi connectivity index (χ4v) is 1.56. The van der Waals surface area contributed by atoms with Gasteiger partial charge in [0.2, 0.25) is 0 Å². The van der Waals surface area contributed by atoms with Crippen molar-refractivity contribution in [3.05, 3.63) is 0 Å². The first-order valence-electron chi connectivity index (χ1n) is 4.47. The van der Waals surface area contributed by atoms with Gasteiger partial charge in [-0.05, 0) is 20.0 Å². The largest absolute Gasteiger partial charge is 0.390 e. The molecule has 1 rings (SSSR count). The van der Waals surface area contributed by atoms with Crippen LogP contribution in [0.3, 0.4) is 0 Å². The second-order valence-electron chi connectivity index (χ2n) is 3.44. The standard InChI is InChI=1S/C8H15F3N2/c1-12-7-2-4-13(6-7)5-3-8(9,10)11/h7,12H,2-6H2,1H3. The van der Waals surface area contributed by atoms with E-state index >= 15 is 0 Å². The van der Waals surface area contributed by atoms with Gasteiger partial charge in [-0.15, -0.1) is 0 Å². The summed E-state index contributed by atoms with van der Waals surface area (Å²) in [6, 6.07) is 0.369. The van der Waals surface area contributed by atoms with Gasteiger partial charge in [0.05, 0.1) is 6.42 Å². The number of hydrogen-bond acceptors (Lipinski definition) is 2. The Morgan fingerprint density at radius 3 is 2.62 bits per heavy atom. The van der Waals surface area contributed by atoms with E-state index in [1.165, 1.54) is 0 Å². The first-order chi connectivity index (χ1) is 6.01. The molecule has 1 heterocycles. The van der Waals surface area contributed by atoms with Gasteiger partial charge in [0.15, 0.2) is 0 Å². The molecule has 0 saturated carbocycles. The summed E-state index contributed by atoms with van der Waals surface area (Å²) in [7, 11) is 1.85. The van der Waals surface area contributed by atoms with Crippen molar-refractivity contribution in [1.82, 2.24) is 10.2 Å². The van der Waals surface area contributed by atoms with Crippen molar-refractivity contribution in [2.75, 3.05) is 26.7 Å². The normalized spacial score (nSPS) is 25.4. The summed E-state index contributed by atoms with van der Waals surface area (Å²) < 4.78 is 35.5. The van der Waals surface area contributed by atoms with E-state index in [4.69, 9.17) is 0 Å². The van der Waals surface area contributed by atoms with Crippen LogP contribution in [-0.2, 0) is 0 Å². The topological polar surface area (TPSA) is 15.3 Å². The molecule has 2 nitrogen and oxygen atoms in total. The number of rotatable bonds is 3. The molecule has 0 aromatic heterocycles. The summed E-state index contributed by atoms with van der Waals surface area (Å²) in [6.07, 6.45) is -3.75. The van der Waals surface area contributed by atoms with Crippen molar-refractivity contribution >= 4 is 0 Å². The molecule has 1 N–H and O–H groups in total. The average Bonchev–Trinajstić information content (AvgIpc) is 2.47. The van der Waals surface area contributed by atoms with Crippen molar-refractivity contribution in [2.45, 2.75) is 25.1 Å². The van der Waals surface area contributed by atoms with Crippen LogP contribution >= 0.6 is 0 Å². The lowest BCUT2D eigenvalue weighted by Crippen LogP contribution is -2.31. The highest BCUT2D eigenvalue weighted by Gasteiger charge is 2.29. The zero-order valence-electron chi connectivity index (χ0n) is 7.69. The molecule has 1 fully saturated rings. The maximum Gasteiger partial charge on any atom is 0.390 e. The van der Waals surface area contributed by atoms with Gasteiger partial charge in [0, 0.05) is 19.1 Å². The lowest BCUT2D eigenvalue weighted by molar-refractivity contribution is -0.137. The maximum atomic E-state index is 11.8. The van der Waals surface area contributed by atoms with Crippen molar-refractivity contribution in [1.29, 1.82) is 0 Å². The number of nitrogens with one attached hydrogen (secondary N) is 1. The zero-order chi connectivity index (χ0) is 9.90. The molecule has 78 valence electrons. The van der Waals surface area contributed by atoms with Crippen molar-refractivity contribution in [3.8, 4) is 0 Å². The molecule has 0 spiro atoms. The molecule has 0 amide bonds. The number of alkyl halides is 3. The first-order valence-corrected chi connectivity index (χ1v) is 4.47. The second kappa shape index (κ2) is 4.28. The number of likely N-dealkylation sites (tertiary alicyclic amines) is 1. The van der Waals surface area contributed by atoms with E-state index < -0.39 is 12.6 Å². The Morgan fingerprint density at radius 1 is 1.46 bits per heavy atom. The summed E-state index contributed by atoms with van der Waals surface area (Å²) in [5, 5.41) is 3.07. The average molecular weight is 196 g/mol. The van der Waals surface area contributed by atoms with E-state index in [-0.39, 0.29) is 6.54 Å². The lowest BCUT2D eigenvalue weighted by atomic mass is 10.3. The Morgan fingerprint density at radius 2 is 2.15 bits per heavy atom. The molecule has 0 aromatic rings. The fourth-order valence-electron chi connectivity index (χ4n) is 1.56. The summed E-state index contributed by atoms with van der Waals surface area (Å²) in [5.41, 5.74) is 0. The van der Waals surface area contributed by atoms with Crippen LogP contribution in [0.1, 0.15) is 12.8 Å². The van der Waals surface area contributed by atoms with Gasteiger partial charge < -0.3 is 10.2 Å². The smallest absolute Gasteiger partial charge is 0.316 e. The van der Waals surface area contributed by atoms with Crippen LogP contribution in [0.4, 0.5) is 13.2 Å². The number of hydrogen-bond donors (Lipinski definition) is 1. The first kappa shape index (κ1) is 10.8. The van der Waals surface area contributed by atoms with Gasteiger partial charge in [-0.25, -0.2) is 0 Å². The van der Waals surface area contributed by atoms with Crippen LogP contribution < -0.4 is 5.32 Å². The van der Waals surface area contributed by atoms with Crippen LogP contribution in [0.2, 0.25) is 0 Å². The molecule has 5 heteroatoms. The molecule has 1 saturated heterocycles.